The van der Waals surface area contributed by atoms with Crippen LogP contribution in [0.3, 0.4) is 0 Å². The molecule has 768 valence electrons. The van der Waals surface area contributed by atoms with Crippen LogP contribution < -0.4 is 43.6 Å². The van der Waals surface area contributed by atoms with E-state index in [0.717, 1.165) is 180 Å². The summed E-state index contributed by atoms with van der Waals surface area (Å²) in [6.45, 7) is 44.6. The number of piperidine rings is 1. The molecule has 6 saturated heterocycles. The van der Waals surface area contributed by atoms with Gasteiger partial charge in [0, 0.05) is 190 Å². The van der Waals surface area contributed by atoms with Crippen LogP contribution in [0.5, 0.6) is 18.0 Å². The van der Waals surface area contributed by atoms with E-state index in [9.17, 15) is 28.8 Å². The lowest BCUT2D eigenvalue weighted by Gasteiger charge is -2.41. The smallest absolute Gasteiger partial charge is 0.410 e. The van der Waals surface area contributed by atoms with Gasteiger partial charge >= 0.3 is 24.1 Å². The summed E-state index contributed by atoms with van der Waals surface area (Å²) in [4.78, 5) is 143. The number of likely N-dealkylation sites (N-methyl/N-ethyl adjacent to an activating group) is 3. The molecule has 0 aliphatic carbocycles. The maximum Gasteiger partial charge on any atom is 0.410 e. The Morgan fingerprint density at radius 1 is 0.404 bits per heavy atom. The first-order valence-corrected chi connectivity index (χ1v) is 50.9. The topological polar surface area (TPSA) is 275 Å². The van der Waals surface area contributed by atoms with Gasteiger partial charge in [0.1, 0.15) is 56.0 Å². The number of ether oxygens (including phenoxy) is 4. The van der Waals surface area contributed by atoms with Gasteiger partial charge in [-0.05, 0) is 154 Å². The standard InChI is InChI=1S/C40H46N8O4.C35H42N8O3.C33H41N7O2.C3H3ClO.CH4.H2/c1-41-23-32-24-47(21-22-48(32)40(50)52-27-29-11-5-4-6-12-29)38-34-18-20-46(36-17-9-14-30-13-7-8-16-33(30)36)25-35(34)42-39(43-38)51-28-31-15-10-19-45(31)26-37(49)44(2)3;1-5-32(44)43-19-18-42(21-27(43)20-36-2)34-29-15-17-41(31-14-8-11-25-10-6-7-13-28(25)31)22-30(29)37-35(38-34)46-24-26-12-9-16-40(26)23-33(45)39(3)4;1-34-19-24-9-7-17-40(20-24)32-28-15-18-39(30-14-6-11-25-10-4-5-13-27(25)30)21-29(28)35-33(36-32)42-23-26-12-8-16-38(26)22-31(41)37(2)3;1-2-3(4)5;;/h4-9,11-14,16-17,31-32H,10,15,18-28H2,2-3H3;5-8,10-11,13-14,26-27H,1,9,12,15-24H2,3-4H3;4-6,10-11,13-14,24,26H,7-9,12,15-23H2,2-3H3;2H,1H2;1H4;1H/t31-,32?;;;;;/m0...../s1/i;;;;;1+1. The molecule has 7 aromatic carbocycles. The molecule has 10 aromatic rings. The highest BCUT2D eigenvalue weighted by Gasteiger charge is 2.41. The molecule has 19 rings (SSSR count). The number of piperazine rings is 2. The third kappa shape index (κ3) is 26.1. The Morgan fingerprint density at radius 2 is 0.753 bits per heavy atom. The van der Waals surface area contributed by atoms with Gasteiger partial charge in [-0.15, -0.1) is 0 Å². The number of hydrogen-bond donors (Lipinski definition) is 0. The molecule has 0 bridgehead atoms. The molecule has 6 fully saturated rings. The molecule has 146 heavy (non-hydrogen) atoms. The van der Waals surface area contributed by atoms with Gasteiger partial charge in [-0.1, -0.05) is 160 Å². The zero-order valence-corrected chi connectivity index (χ0v) is 84.9. The average molecular weight is 2000 g/mol. The van der Waals surface area contributed by atoms with E-state index < -0.39 is 11.3 Å². The Kier molecular flexibility index (Phi) is 36.6. The fourth-order valence-corrected chi connectivity index (χ4v) is 21.2. The second kappa shape index (κ2) is 50.5. The van der Waals surface area contributed by atoms with E-state index in [1.165, 1.54) is 61.0 Å². The highest BCUT2D eigenvalue weighted by Crippen LogP contribution is 2.41. The molecule has 12 heterocycles. The zero-order chi connectivity index (χ0) is 102. The van der Waals surface area contributed by atoms with Gasteiger partial charge < -0.3 is 82.5 Å². The van der Waals surface area contributed by atoms with Gasteiger partial charge in [0.25, 0.3) is 0 Å². The van der Waals surface area contributed by atoms with E-state index >= 15 is 0 Å². The lowest BCUT2D eigenvalue weighted by molar-refractivity contribution is -0.131. The number of carbonyl (C=O) groups is 6. The first-order chi connectivity index (χ1) is 70.5. The molecule has 6 atom stereocenters. The van der Waals surface area contributed by atoms with E-state index in [1.807, 2.05) is 30.3 Å². The summed E-state index contributed by atoms with van der Waals surface area (Å²) in [6.07, 6.45) is 12.4. The predicted molar refractivity (Wildman–Crippen MR) is 575 cm³/mol. The predicted octanol–water partition coefficient (Wildman–Crippen LogP) is 14.2. The summed E-state index contributed by atoms with van der Waals surface area (Å²) in [5.74, 6) is 3.08. The zero-order valence-electron chi connectivity index (χ0n) is 84.2. The van der Waals surface area contributed by atoms with Crippen molar-refractivity contribution in [3.63, 3.8) is 0 Å². The molecular weight excluding hydrogens is 1860 g/mol. The average Bonchev–Trinajstić information content (AvgIpc) is 0.813. The van der Waals surface area contributed by atoms with Crippen molar-refractivity contribution in [2.24, 2.45) is 5.92 Å². The molecule has 5 amide bonds. The maximum absolute atomic E-state index is 13.3. The fraction of sp³-hybridized carbons (Fsp3) is 0.455. The first-order valence-electron chi connectivity index (χ1n) is 50.6. The second-order valence-corrected chi connectivity index (χ2v) is 39.4. The molecule has 9 aliphatic rings. The van der Waals surface area contributed by atoms with Gasteiger partial charge in [0.15, 0.2) is 0 Å². The minimum Gasteiger partial charge on any atom is -0.462 e. The Labute approximate surface area is 864 Å². The summed E-state index contributed by atoms with van der Waals surface area (Å²) >= 11 is 4.71. The SMILES string of the molecule is C.C=CC(=O)Cl.[2HH].[C-]#[N+]CC1CCCN(c2nc(OCC3CCCN3CC(=O)N(C)C)nc3c2CCN(c2cccc4ccccc24)C3)C1.[C-]#[N+]CC1CN(c2nc(OCC3CCCN3CC(=O)N(C)C)nc3c2CCN(c2cccc4ccccc24)C3)CCN1C(=O)C=C.[C-]#[N+]CC1CN(c2nc(OC[C@@H]3CCCN3CC(=O)N(C)C)nc3c2CCN(c2cccc4ccccc24)C3)CCN1C(=O)OCc1ccccc1. The number of fused-ring (bicyclic) bond motifs is 6. The van der Waals surface area contributed by atoms with Crippen LogP contribution in [0.2, 0.25) is 0 Å². The van der Waals surface area contributed by atoms with E-state index in [0.29, 0.717) is 129 Å². The van der Waals surface area contributed by atoms with Gasteiger partial charge in [-0.2, -0.15) is 29.9 Å². The molecule has 0 N–H and O–H groups in total. The third-order valence-corrected chi connectivity index (χ3v) is 29.2. The highest BCUT2D eigenvalue weighted by molar-refractivity contribution is 6.66. The summed E-state index contributed by atoms with van der Waals surface area (Å²) in [5.41, 5.74) is 10.7. The Balaban J connectivity index is 0.000000170. The van der Waals surface area contributed by atoms with Crippen LogP contribution in [0.4, 0.5) is 39.3 Å². The number of benzene rings is 7. The van der Waals surface area contributed by atoms with Crippen molar-refractivity contribution in [1.29, 1.82) is 0 Å². The minimum atomic E-state index is -0.509. The Morgan fingerprint density at radius 3 is 1.12 bits per heavy atom. The van der Waals surface area contributed by atoms with Crippen LogP contribution in [-0.4, -0.2) is 327 Å². The largest absolute Gasteiger partial charge is 0.462 e. The highest BCUT2D eigenvalue weighted by atomic mass is 35.5. The third-order valence-electron chi connectivity index (χ3n) is 29.0. The summed E-state index contributed by atoms with van der Waals surface area (Å²) < 4.78 is 24.8. The number of aromatic nitrogens is 6. The number of amides is 5. The van der Waals surface area contributed by atoms with Crippen molar-refractivity contribution in [2.75, 3.05) is 222 Å². The van der Waals surface area contributed by atoms with Gasteiger partial charge in [0.2, 0.25) is 48.5 Å². The summed E-state index contributed by atoms with van der Waals surface area (Å²) in [5, 5.41) is 6.78. The monoisotopic (exact) mass is 2000 g/mol. The summed E-state index contributed by atoms with van der Waals surface area (Å²) in [7, 11) is 10.7. The molecule has 33 nitrogen and oxygen atoms in total. The number of likely N-dealkylation sites (tertiary alicyclic amines) is 3. The number of carbonyl (C=O) groups excluding carboxylic acids is 6. The number of anilines is 6. The quantitative estimate of drug-likeness (QED) is 0.0250. The number of rotatable bonds is 28. The van der Waals surface area contributed by atoms with Crippen LogP contribution in [0.1, 0.15) is 99.6 Å². The van der Waals surface area contributed by atoms with Crippen molar-refractivity contribution >= 4 is 113 Å². The minimum absolute atomic E-state index is 0. The maximum atomic E-state index is 13.3. The van der Waals surface area contributed by atoms with Crippen LogP contribution in [0.25, 0.3) is 46.9 Å². The molecule has 0 spiro atoms. The molecule has 34 heteroatoms. The normalized spacial score (nSPS) is 19.2. The number of halogens is 1. The number of hydrogen-bond acceptors (Lipinski definition) is 25. The van der Waals surface area contributed by atoms with Gasteiger partial charge in [0.05, 0.1) is 56.4 Å². The fourth-order valence-electron chi connectivity index (χ4n) is 21.2. The lowest BCUT2D eigenvalue weighted by atomic mass is 9.96. The lowest BCUT2D eigenvalue weighted by Crippen LogP contribution is -2.57. The number of nitrogens with zero attached hydrogens (tertiary/aromatic N) is 23. The van der Waals surface area contributed by atoms with E-state index in [4.69, 9.17) is 80.2 Å². The van der Waals surface area contributed by atoms with Crippen molar-refractivity contribution in [1.82, 2.24) is 69.1 Å². The number of allylic oxidation sites excluding steroid dienone is 1. The van der Waals surface area contributed by atoms with E-state index in [2.05, 4.69) is 199 Å². The van der Waals surface area contributed by atoms with Crippen LogP contribution in [-0.2, 0) is 74.2 Å². The summed E-state index contributed by atoms with van der Waals surface area (Å²) in [6, 6.07) is 55.1. The molecule has 0 saturated carbocycles. The van der Waals surface area contributed by atoms with Crippen LogP contribution >= 0.6 is 11.6 Å². The molecular formula is C112H138ClN23O10. The van der Waals surface area contributed by atoms with E-state index in [1.54, 1.807) is 66.8 Å². The second-order valence-electron chi connectivity index (χ2n) is 39.0. The van der Waals surface area contributed by atoms with E-state index in [-0.39, 0.29) is 82.4 Å². The molecule has 0 radical (unpaired) electrons. The molecule has 3 aromatic heterocycles. The molecule has 5 unspecified atom stereocenters. The van der Waals surface area contributed by atoms with Crippen LogP contribution in [0, 0.1) is 25.6 Å². The van der Waals surface area contributed by atoms with Crippen molar-refractivity contribution in [3.05, 3.63) is 257 Å². The Bertz CT molecular complexity index is 6410. The van der Waals surface area contributed by atoms with Crippen molar-refractivity contribution in [3.8, 4) is 18.0 Å². The first kappa shape index (κ1) is 106. The van der Waals surface area contributed by atoms with Crippen molar-refractivity contribution < 1.29 is 49.1 Å². The Hall–Kier alpha value is -14.3. The van der Waals surface area contributed by atoms with Gasteiger partial charge in [-0.25, -0.2) is 24.5 Å². The van der Waals surface area contributed by atoms with Gasteiger partial charge in [-0.3, -0.25) is 43.6 Å². The molecule has 9 aliphatic heterocycles. The van der Waals surface area contributed by atoms with Crippen LogP contribution in [0.15, 0.2) is 183 Å². The van der Waals surface area contributed by atoms with Crippen molar-refractivity contribution in [2.45, 2.75) is 135 Å².